The van der Waals surface area contributed by atoms with E-state index in [1.165, 1.54) is 0 Å². The van der Waals surface area contributed by atoms with Gasteiger partial charge in [0.25, 0.3) is 0 Å². The Kier molecular flexibility index (Phi) is 4.17. The molecule has 0 heterocycles. The molecule has 0 spiro atoms. The molecule has 2 nitrogen and oxygen atoms in total. The molecule has 0 aromatic heterocycles. The molecule has 3 heteroatoms. The van der Waals surface area contributed by atoms with E-state index in [0.29, 0.717) is 12.3 Å². The van der Waals surface area contributed by atoms with Crippen LogP contribution in [0.2, 0.25) is 0 Å². The van der Waals surface area contributed by atoms with Gasteiger partial charge in [-0.05, 0) is 25.1 Å². The van der Waals surface area contributed by atoms with E-state index >= 15 is 0 Å². The first-order valence-corrected chi connectivity index (χ1v) is 5.26. The maximum absolute atomic E-state index is 9.53. The van der Waals surface area contributed by atoms with Crippen molar-refractivity contribution in [1.29, 1.82) is 0 Å². The van der Waals surface area contributed by atoms with Crippen LogP contribution in [0.15, 0.2) is 35.3 Å². The molecule has 1 aromatic rings. The Labute approximate surface area is 92.8 Å². The molecule has 0 bridgehead atoms. The Morgan fingerprint density at radius 3 is 3.00 bits per heavy atom. The number of rotatable bonds is 4. The van der Waals surface area contributed by atoms with Crippen LogP contribution in [0.1, 0.15) is 12.5 Å². The second-order valence-electron chi connectivity index (χ2n) is 3.18. The summed E-state index contributed by atoms with van der Waals surface area (Å²) < 4.78 is 0.971. The number of nitrogens with one attached hydrogen (secondary N) is 1. The molecule has 2 N–H and O–H groups in total. The fourth-order valence-electron chi connectivity index (χ4n) is 1.05. The van der Waals surface area contributed by atoms with E-state index in [9.17, 15) is 5.11 Å². The summed E-state index contributed by atoms with van der Waals surface area (Å²) in [5.74, 6) is 0.317. The van der Waals surface area contributed by atoms with E-state index < -0.39 is 0 Å². The maximum atomic E-state index is 9.53. The smallest absolute Gasteiger partial charge is 0.120 e. The van der Waals surface area contributed by atoms with Gasteiger partial charge in [-0.1, -0.05) is 22.0 Å². The van der Waals surface area contributed by atoms with Gasteiger partial charge in [-0.15, -0.1) is 6.58 Å². The minimum Gasteiger partial charge on any atom is -0.508 e. The third-order valence-corrected chi connectivity index (χ3v) is 2.50. The minimum atomic E-state index is 0.244. The van der Waals surface area contributed by atoms with Crippen molar-refractivity contribution in [3.8, 4) is 5.75 Å². The average molecular weight is 256 g/mol. The zero-order chi connectivity index (χ0) is 10.6. The first kappa shape index (κ1) is 11.3. The van der Waals surface area contributed by atoms with Crippen molar-refractivity contribution in [2.45, 2.75) is 19.5 Å². The second kappa shape index (κ2) is 5.17. The highest BCUT2D eigenvalue weighted by Gasteiger charge is 2.02. The van der Waals surface area contributed by atoms with Crippen molar-refractivity contribution in [3.63, 3.8) is 0 Å². The molecule has 0 amide bonds. The van der Waals surface area contributed by atoms with Crippen LogP contribution in [0.3, 0.4) is 0 Å². The van der Waals surface area contributed by atoms with Crippen LogP contribution in [0.5, 0.6) is 5.75 Å². The van der Waals surface area contributed by atoms with Crippen LogP contribution in [0.25, 0.3) is 0 Å². The molecular weight excluding hydrogens is 242 g/mol. The standard InChI is InChI=1S/C11H14BrNO/c1-3-8(2)13-7-9-6-10(12)4-5-11(9)14/h3-6,8,13-14H,1,7H2,2H3. The highest BCUT2D eigenvalue weighted by atomic mass is 79.9. The lowest BCUT2D eigenvalue weighted by Crippen LogP contribution is -2.22. The van der Waals surface area contributed by atoms with E-state index in [-0.39, 0.29) is 6.04 Å². The zero-order valence-electron chi connectivity index (χ0n) is 8.13. The Hall–Kier alpha value is -0.800. The number of hydrogen-bond donors (Lipinski definition) is 2. The summed E-state index contributed by atoms with van der Waals surface area (Å²) in [5, 5.41) is 12.8. The van der Waals surface area contributed by atoms with Crippen molar-refractivity contribution < 1.29 is 5.11 Å². The van der Waals surface area contributed by atoms with Crippen molar-refractivity contribution in [2.75, 3.05) is 0 Å². The van der Waals surface area contributed by atoms with Crippen LogP contribution >= 0.6 is 15.9 Å². The first-order valence-electron chi connectivity index (χ1n) is 4.47. The third-order valence-electron chi connectivity index (χ3n) is 2.01. The first-order chi connectivity index (χ1) is 6.63. The number of aromatic hydroxyl groups is 1. The molecule has 0 saturated carbocycles. The summed E-state index contributed by atoms with van der Waals surface area (Å²) in [6, 6.07) is 5.64. The fourth-order valence-corrected chi connectivity index (χ4v) is 1.46. The number of phenolic OH excluding ortho intramolecular Hbond substituents is 1. The molecule has 1 atom stereocenters. The van der Waals surface area contributed by atoms with Crippen molar-refractivity contribution in [3.05, 3.63) is 40.9 Å². The lowest BCUT2D eigenvalue weighted by atomic mass is 10.2. The van der Waals surface area contributed by atoms with Crippen LogP contribution in [0, 0.1) is 0 Å². The molecule has 0 saturated heterocycles. The van der Waals surface area contributed by atoms with Crippen LogP contribution in [-0.4, -0.2) is 11.1 Å². The van der Waals surface area contributed by atoms with E-state index in [2.05, 4.69) is 27.8 Å². The van der Waals surface area contributed by atoms with Gasteiger partial charge < -0.3 is 10.4 Å². The molecule has 0 fully saturated rings. The van der Waals surface area contributed by atoms with E-state index in [0.717, 1.165) is 10.0 Å². The van der Waals surface area contributed by atoms with Gasteiger partial charge in [0.2, 0.25) is 0 Å². The largest absolute Gasteiger partial charge is 0.508 e. The molecule has 76 valence electrons. The number of halogens is 1. The van der Waals surface area contributed by atoms with E-state index in [4.69, 9.17) is 0 Å². The Balaban J connectivity index is 2.66. The van der Waals surface area contributed by atoms with Gasteiger partial charge in [0.15, 0.2) is 0 Å². The summed E-state index contributed by atoms with van der Waals surface area (Å²) in [4.78, 5) is 0. The Morgan fingerprint density at radius 2 is 2.36 bits per heavy atom. The van der Waals surface area contributed by atoms with Crippen LogP contribution in [0.4, 0.5) is 0 Å². The van der Waals surface area contributed by atoms with Gasteiger partial charge in [0.1, 0.15) is 5.75 Å². The van der Waals surface area contributed by atoms with Gasteiger partial charge in [-0.25, -0.2) is 0 Å². The zero-order valence-corrected chi connectivity index (χ0v) is 9.71. The average Bonchev–Trinajstić information content (AvgIpc) is 2.19. The van der Waals surface area contributed by atoms with Gasteiger partial charge in [0, 0.05) is 22.6 Å². The van der Waals surface area contributed by atoms with Gasteiger partial charge in [-0.3, -0.25) is 0 Å². The van der Waals surface area contributed by atoms with Crippen molar-refractivity contribution >= 4 is 15.9 Å². The minimum absolute atomic E-state index is 0.244. The van der Waals surface area contributed by atoms with E-state index in [1.807, 2.05) is 25.1 Å². The topological polar surface area (TPSA) is 32.3 Å². The predicted molar refractivity (Wildman–Crippen MR) is 62.3 cm³/mol. The molecule has 1 aromatic carbocycles. The number of phenols is 1. The van der Waals surface area contributed by atoms with Crippen molar-refractivity contribution in [1.82, 2.24) is 5.32 Å². The van der Waals surface area contributed by atoms with Crippen LogP contribution in [-0.2, 0) is 6.54 Å². The number of benzene rings is 1. The molecule has 0 aliphatic heterocycles. The van der Waals surface area contributed by atoms with Gasteiger partial charge >= 0.3 is 0 Å². The fraction of sp³-hybridized carbons (Fsp3) is 0.273. The lowest BCUT2D eigenvalue weighted by Gasteiger charge is -2.10. The molecule has 14 heavy (non-hydrogen) atoms. The molecule has 0 aliphatic carbocycles. The molecule has 0 radical (unpaired) electrons. The Morgan fingerprint density at radius 1 is 1.64 bits per heavy atom. The second-order valence-corrected chi connectivity index (χ2v) is 4.09. The Bertz CT molecular complexity index is 325. The normalized spacial score (nSPS) is 12.4. The summed E-state index contributed by atoms with van der Waals surface area (Å²) in [7, 11) is 0. The third kappa shape index (κ3) is 3.16. The van der Waals surface area contributed by atoms with Gasteiger partial charge in [0.05, 0.1) is 0 Å². The highest BCUT2D eigenvalue weighted by Crippen LogP contribution is 2.21. The monoisotopic (exact) mass is 255 g/mol. The number of hydrogen-bond acceptors (Lipinski definition) is 2. The summed E-state index contributed by atoms with van der Waals surface area (Å²) in [6.07, 6.45) is 1.83. The van der Waals surface area contributed by atoms with Gasteiger partial charge in [-0.2, -0.15) is 0 Å². The highest BCUT2D eigenvalue weighted by molar-refractivity contribution is 9.10. The molecule has 0 aliphatic rings. The quantitative estimate of drug-likeness (QED) is 0.812. The van der Waals surface area contributed by atoms with Crippen molar-refractivity contribution in [2.24, 2.45) is 0 Å². The molecule has 1 unspecified atom stereocenters. The van der Waals surface area contributed by atoms with Crippen LogP contribution < -0.4 is 5.32 Å². The predicted octanol–water partition coefficient (Wildman–Crippen LogP) is 2.82. The SMILES string of the molecule is C=CC(C)NCc1cc(Br)ccc1O. The summed E-state index contributed by atoms with van der Waals surface area (Å²) in [6.45, 7) is 6.33. The maximum Gasteiger partial charge on any atom is 0.120 e. The lowest BCUT2D eigenvalue weighted by molar-refractivity contribution is 0.463. The molecule has 1 rings (SSSR count). The van der Waals surface area contributed by atoms with E-state index in [1.54, 1.807) is 6.07 Å². The molecular formula is C11H14BrNO. The summed E-state index contributed by atoms with van der Waals surface area (Å²) >= 11 is 3.36. The summed E-state index contributed by atoms with van der Waals surface area (Å²) in [5.41, 5.74) is 0.882.